The molecule has 7 heteroatoms. The third kappa shape index (κ3) is 4.09. The van der Waals surface area contributed by atoms with Gasteiger partial charge < -0.3 is 14.0 Å². The molecule has 0 fully saturated rings. The molecule has 0 unspecified atom stereocenters. The van der Waals surface area contributed by atoms with Crippen molar-refractivity contribution in [1.29, 1.82) is 0 Å². The standard InChI is InChI=1S/C19H20Cl2N2O2.ClH/c1-12-13(2)23(8-9-24-3)19-15(12)6-7-22-18(19)11-25-14-4-5-16(20)17(21)10-14;/h4-7,10H,8-9,11H2,1-3H3;1H. The Hall–Kier alpha value is -1.46. The van der Waals surface area contributed by atoms with Gasteiger partial charge in [0.1, 0.15) is 18.1 Å². The number of benzene rings is 1. The van der Waals surface area contributed by atoms with Crippen LogP contribution >= 0.6 is 35.6 Å². The van der Waals surface area contributed by atoms with Crippen LogP contribution in [-0.4, -0.2) is 23.3 Å². The van der Waals surface area contributed by atoms with Gasteiger partial charge in [-0.2, -0.15) is 0 Å². The molecular weight excluding hydrogens is 395 g/mol. The lowest BCUT2D eigenvalue weighted by Gasteiger charge is -2.12. The Balaban J connectivity index is 0.00000243. The molecule has 0 saturated heterocycles. The molecule has 0 amide bonds. The first-order valence-electron chi connectivity index (χ1n) is 8.03. The first kappa shape index (κ1) is 20.8. The van der Waals surface area contributed by atoms with Crippen LogP contribution in [0.5, 0.6) is 5.75 Å². The van der Waals surface area contributed by atoms with Gasteiger partial charge >= 0.3 is 0 Å². The van der Waals surface area contributed by atoms with Crippen molar-refractivity contribution in [1.82, 2.24) is 9.55 Å². The highest BCUT2D eigenvalue weighted by atomic mass is 35.5. The predicted octanol–water partition coefficient (Wildman–Crippen LogP) is 5.61. The molecule has 0 bridgehead atoms. The molecule has 0 aliphatic rings. The molecule has 140 valence electrons. The summed E-state index contributed by atoms with van der Waals surface area (Å²) in [6.45, 7) is 6.02. The predicted molar refractivity (Wildman–Crippen MR) is 109 cm³/mol. The van der Waals surface area contributed by atoms with Gasteiger partial charge in [0, 0.05) is 37.0 Å². The molecule has 0 saturated carbocycles. The number of rotatable bonds is 6. The maximum Gasteiger partial charge on any atom is 0.132 e. The van der Waals surface area contributed by atoms with Crippen LogP contribution in [0.25, 0.3) is 10.9 Å². The number of nitrogens with zero attached hydrogens (tertiary/aromatic N) is 2. The third-order valence-corrected chi connectivity index (χ3v) is 5.15. The fourth-order valence-corrected chi connectivity index (χ4v) is 3.24. The minimum atomic E-state index is 0. The van der Waals surface area contributed by atoms with Crippen LogP contribution in [0.4, 0.5) is 0 Å². The number of hydrogen-bond donors (Lipinski definition) is 0. The second-order valence-electron chi connectivity index (χ2n) is 5.87. The van der Waals surface area contributed by atoms with Crippen molar-refractivity contribution in [3.8, 4) is 5.75 Å². The highest BCUT2D eigenvalue weighted by Gasteiger charge is 2.15. The number of aryl methyl sites for hydroxylation is 1. The van der Waals surface area contributed by atoms with E-state index in [0.717, 1.165) is 17.8 Å². The zero-order valence-corrected chi connectivity index (χ0v) is 17.2. The van der Waals surface area contributed by atoms with Crippen LogP contribution in [0.2, 0.25) is 10.0 Å². The molecule has 3 rings (SSSR count). The van der Waals surface area contributed by atoms with Gasteiger partial charge in [-0.25, -0.2) is 0 Å². The first-order chi connectivity index (χ1) is 12.0. The van der Waals surface area contributed by atoms with Gasteiger partial charge in [-0.15, -0.1) is 12.4 Å². The van der Waals surface area contributed by atoms with E-state index in [2.05, 4.69) is 23.4 Å². The lowest BCUT2D eigenvalue weighted by atomic mass is 10.2. The van der Waals surface area contributed by atoms with E-state index in [1.807, 2.05) is 12.3 Å². The molecule has 0 atom stereocenters. The minimum absolute atomic E-state index is 0. The van der Waals surface area contributed by atoms with Crippen LogP contribution in [0.3, 0.4) is 0 Å². The number of methoxy groups -OCH3 is 1. The van der Waals surface area contributed by atoms with Gasteiger partial charge in [-0.1, -0.05) is 23.2 Å². The maximum absolute atomic E-state index is 6.05. The first-order valence-corrected chi connectivity index (χ1v) is 8.78. The molecule has 2 aromatic heterocycles. The quantitative estimate of drug-likeness (QED) is 0.525. The lowest BCUT2D eigenvalue weighted by molar-refractivity contribution is 0.187. The topological polar surface area (TPSA) is 36.3 Å². The normalized spacial score (nSPS) is 10.8. The van der Waals surface area contributed by atoms with Gasteiger partial charge in [0.2, 0.25) is 0 Å². The van der Waals surface area contributed by atoms with Crippen molar-refractivity contribution in [2.24, 2.45) is 0 Å². The van der Waals surface area contributed by atoms with Crippen LogP contribution in [0.15, 0.2) is 30.5 Å². The fourth-order valence-electron chi connectivity index (χ4n) is 2.95. The highest BCUT2D eigenvalue weighted by Crippen LogP contribution is 2.29. The molecule has 0 spiro atoms. The van der Waals surface area contributed by atoms with Crippen LogP contribution < -0.4 is 4.74 Å². The second-order valence-corrected chi connectivity index (χ2v) is 6.69. The largest absolute Gasteiger partial charge is 0.487 e. The average molecular weight is 416 g/mol. The Kier molecular flexibility index (Phi) is 7.18. The number of hydrogen-bond acceptors (Lipinski definition) is 3. The van der Waals surface area contributed by atoms with E-state index in [9.17, 15) is 0 Å². The van der Waals surface area contributed by atoms with Crippen LogP contribution in [-0.2, 0) is 17.9 Å². The van der Waals surface area contributed by atoms with Gasteiger partial charge in [-0.05, 0) is 37.6 Å². The van der Waals surface area contributed by atoms with Gasteiger partial charge in [-0.3, -0.25) is 4.98 Å². The summed E-state index contributed by atoms with van der Waals surface area (Å²) in [4.78, 5) is 4.54. The number of halogens is 3. The third-order valence-electron chi connectivity index (χ3n) is 4.41. The summed E-state index contributed by atoms with van der Waals surface area (Å²) >= 11 is 12.0. The van der Waals surface area contributed by atoms with Crippen molar-refractivity contribution in [2.45, 2.75) is 27.0 Å². The molecule has 26 heavy (non-hydrogen) atoms. The van der Waals surface area contributed by atoms with Gasteiger partial charge in [0.15, 0.2) is 0 Å². The molecule has 0 N–H and O–H groups in total. The van der Waals surface area contributed by atoms with Crippen molar-refractivity contribution in [3.05, 3.63) is 57.5 Å². The van der Waals surface area contributed by atoms with Crippen molar-refractivity contribution < 1.29 is 9.47 Å². The van der Waals surface area contributed by atoms with Crippen molar-refractivity contribution in [3.63, 3.8) is 0 Å². The summed E-state index contributed by atoms with van der Waals surface area (Å²) in [6, 6.07) is 7.28. The zero-order chi connectivity index (χ0) is 18.0. The van der Waals surface area contributed by atoms with Crippen molar-refractivity contribution >= 4 is 46.5 Å². The molecule has 3 aromatic rings. The Labute approximate surface area is 169 Å². The SMILES string of the molecule is COCCn1c(C)c(C)c2ccnc(COc3ccc(Cl)c(Cl)c3)c21.Cl. The van der Waals surface area contributed by atoms with E-state index in [1.54, 1.807) is 25.3 Å². The Morgan fingerprint density at radius 1 is 1.12 bits per heavy atom. The molecule has 2 heterocycles. The minimum Gasteiger partial charge on any atom is -0.487 e. The van der Waals surface area contributed by atoms with E-state index in [4.69, 9.17) is 32.7 Å². The summed E-state index contributed by atoms with van der Waals surface area (Å²) < 4.78 is 13.4. The molecule has 0 radical (unpaired) electrons. The summed E-state index contributed by atoms with van der Waals surface area (Å²) in [5.41, 5.74) is 4.45. The molecular formula is C19H21Cl3N2O2. The summed E-state index contributed by atoms with van der Waals surface area (Å²) in [7, 11) is 1.71. The van der Waals surface area contributed by atoms with Crippen LogP contribution in [0, 0.1) is 13.8 Å². The Morgan fingerprint density at radius 3 is 2.58 bits per heavy atom. The van der Waals surface area contributed by atoms with Gasteiger partial charge in [0.25, 0.3) is 0 Å². The molecule has 4 nitrogen and oxygen atoms in total. The Bertz CT molecular complexity index is 909. The van der Waals surface area contributed by atoms with Crippen LogP contribution in [0.1, 0.15) is 17.0 Å². The number of aromatic nitrogens is 2. The maximum atomic E-state index is 6.05. The number of fused-ring (bicyclic) bond motifs is 1. The second kappa shape index (κ2) is 8.96. The molecule has 0 aliphatic heterocycles. The summed E-state index contributed by atoms with van der Waals surface area (Å²) in [5, 5.41) is 2.17. The van der Waals surface area contributed by atoms with E-state index < -0.39 is 0 Å². The van der Waals surface area contributed by atoms with E-state index in [1.165, 1.54) is 16.6 Å². The number of pyridine rings is 1. The molecule has 0 aliphatic carbocycles. The smallest absolute Gasteiger partial charge is 0.132 e. The van der Waals surface area contributed by atoms with Gasteiger partial charge in [0.05, 0.1) is 22.2 Å². The Morgan fingerprint density at radius 2 is 1.88 bits per heavy atom. The zero-order valence-electron chi connectivity index (χ0n) is 14.9. The molecule has 1 aromatic carbocycles. The van der Waals surface area contributed by atoms with E-state index in [-0.39, 0.29) is 12.4 Å². The fraction of sp³-hybridized carbons (Fsp3) is 0.316. The number of ether oxygens (including phenoxy) is 2. The summed E-state index contributed by atoms with van der Waals surface area (Å²) in [5.74, 6) is 0.664. The van der Waals surface area contributed by atoms with Crippen molar-refractivity contribution in [2.75, 3.05) is 13.7 Å². The summed E-state index contributed by atoms with van der Waals surface area (Å²) in [6.07, 6.45) is 1.82. The van der Waals surface area contributed by atoms with E-state index in [0.29, 0.717) is 29.0 Å². The monoisotopic (exact) mass is 414 g/mol. The average Bonchev–Trinajstić information content (AvgIpc) is 2.86. The van der Waals surface area contributed by atoms with E-state index >= 15 is 0 Å². The lowest BCUT2D eigenvalue weighted by Crippen LogP contribution is -2.09. The highest BCUT2D eigenvalue weighted by molar-refractivity contribution is 6.42.